The highest BCUT2D eigenvalue weighted by Gasteiger charge is 2.40. The van der Waals surface area contributed by atoms with E-state index in [0.717, 1.165) is 47.3 Å². The van der Waals surface area contributed by atoms with E-state index in [4.69, 9.17) is 0 Å². The van der Waals surface area contributed by atoms with E-state index in [1.165, 1.54) is 116 Å². The molecular formula is C30H56. The van der Waals surface area contributed by atoms with Gasteiger partial charge in [0.25, 0.3) is 0 Å². The first-order valence-corrected chi connectivity index (χ1v) is 14.6. The lowest BCUT2D eigenvalue weighted by atomic mass is 9.58. The summed E-state index contributed by atoms with van der Waals surface area (Å²) < 4.78 is 0. The average molecular weight is 417 g/mol. The Morgan fingerprint density at radius 2 is 1.20 bits per heavy atom. The van der Waals surface area contributed by atoms with Gasteiger partial charge in [0.2, 0.25) is 0 Å². The van der Waals surface area contributed by atoms with Crippen LogP contribution in [0.5, 0.6) is 0 Å². The molecule has 0 amide bonds. The lowest BCUT2D eigenvalue weighted by Gasteiger charge is -2.47. The van der Waals surface area contributed by atoms with Crippen molar-refractivity contribution in [2.24, 2.45) is 47.3 Å². The maximum Gasteiger partial charge on any atom is -0.0332 e. The predicted molar refractivity (Wildman–Crippen MR) is 134 cm³/mol. The number of hydrogen-bond acceptors (Lipinski definition) is 0. The molecule has 4 saturated carbocycles. The Labute approximate surface area is 190 Å². The highest BCUT2D eigenvalue weighted by Crippen LogP contribution is 2.49. The van der Waals surface area contributed by atoms with Gasteiger partial charge in [0.1, 0.15) is 0 Å². The highest BCUT2D eigenvalue weighted by atomic mass is 14.5. The fraction of sp³-hybridized carbons (Fsp3) is 1.00. The third kappa shape index (κ3) is 7.27. The number of rotatable bonds is 5. The van der Waals surface area contributed by atoms with Gasteiger partial charge in [-0.1, -0.05) is 118 Å². The van der Waals surface area contributed by atoms with Gasteiger partial charge in [-0.15, -0.1) is 0 Å². The van der Waals surface area contributed by atoms with Crippen molar-refractivity contribution in [1.82, 2.24) is 0 Å². The number of hydrogen-bond donors (Lipinski definition) is 0. The summed E-state index contributed by atoms with van der Waals surface area (Å²) in [5, 5.41) is 0. The van der Waals surface area contributed by atoms with E-state index in [-0.39, 0.29) is 0 Å². The standard InChI is InChI=1S/C16H30.C14H26/c1-14(12-15-8-4-2-5-9-15)13-16-10-6-3-7-11-16;1-4-12-8-9-13-7-5-6-10(2)14(13)11(12)3/h14-16H,2-13H2,1H3;10-14H,4-9H2,1-3H3. The Hall–Kier alpha value is 0. The summed E-state index contributed by atoms with van der Waals surface area (Å²) in [5.74, 6) is 8.41. The van der Waals surface area contributed by atoms with Crippen molar-refractivity contribution in [3.8, 4) is 0 Å². The van der Waals surface area contributed by atoms with Crippen LogP contribution in [0.15, 0.2) is 0 Å². The minimum Gasteiger partial charge on any atom is -0.0651 e. The molecule has 0 aromatic rings. The molecule has 4 aliphatic carbocycles. The minimum absolute atomic E-state index is 1.01. The Balaban J connectivity index is 0.000000172. The largest absolute Gasteiger partial charge is 0.0651 e. The van der Waals surface area contributed by atoms with Gasteiger partial charge in [0.05, 0.1) is 0 Å². The molecule has 0 saturated heterocycles. The van der Waals surface area contributed by atoms with E-state index in [0.29, 0.717) is 0 Å². The summed E-state index contributed by atoms with van der Waals surface area (Å²) >= 11 is 0. The minimum atomic E-state index is 1.01. The Morgan fingerprint density at radius 3 is 1.73 bits per heavy atom. The van der Waals surface area contributed by atoms with E-state index in [1.807, 2.05) is 0 Å². The quantitative estimate of drug-likeness (QED) is 0.418. The van der Waals surface area contributed by atoms with Crippen molar-refractivity contribution in [3.63, 3.8) is 0 Å². The van der Waals surface area contributed by atoms with Crippen molar-refractivity contribution in [2.75, 3.05) is 0 Å². The smallest absolute Gasteiger partial charge is 0.0332 e. The van der Waals surface area contributed by atoms with Crippen LogP contribution in [0.2, 0.25) is 0 Å². The summed E-state index contributed by atoms with van der Waals surface area (Å²) in [7, 11) is 0. The second kappa shape index (κ2) is 12.9. The van der Waals surface area contributed by atoms with Crippen molar-refractivity contribution in [3.05, 3.63) is 0 Å². The van der Waals surface area contributed by atoms with Crippen molar-refractivity contribution >= 4 is 0 Å². The van der Waals surface area contributed by atoms with Gasteiger partial charge in [-0.05, 0) is 73.0 Å². The molecule has 0 heterocycles. The molecule has 4 fully saturated rings. The molecule has 0 radical (unpaired) electrons. The van der Waals surface area contributed by atoms with Crippen LogP contribution in [0.1, 0.15) is 143 Å². The zero-order valence-electron chi connectivity index (χ0n) is 21.3. The van der Waals surface area contributed by atoms with Gasteiger partial charge in [-0.3, -0.25) is 0 Å². The van der Waals surface area contributed by atoms with Gasteiger partial charge in [-0.25, -0.2) is 0 Å². The predicted octanol–water partition coefficient (Wildman–Crippen LogP) is 10.1. The molecule has 4 aliphatic rings. The molecule has 0 aromatic carbocycles. The summed E-state index contributed by atoms with van der Waals surface area (Å²) in [4.78, 5) is 0. The third-order valence-electron chi connectivity index (χ3n) is 10.1. The zero-order valence-corrected chi connectivity index (χ0v) is 21.3. The molecule has 0 N–H and O–H groups in total. The van der Waals surface area contributed by atoms with Crippen LogP contribution in [0.3, 0.4) is 0 Å². The molecule has 176 valence electrons. The van der Waals surface area contributed by atoms with Crippen LogP contribution in [-0.2, 0) is 0 Å². The topological polar surface area (TPSA) is 0 Å². The first kappa shape index (κ1) is 24.6. The Kier molecular flexibility index (Phi) is 10.6. The maximum absolute atomic E-state index is 2.53. The van der Waals surface area contributed by atoms with Crippen LogP contribution in [0, 0.1) is 47.3 Å². The van der Waals surface area contributed by atoms with Crippen LogP contribution in [0.25, 0.3) is 0 Å². The third-order valence-corrected chi connectivity index (χ3v) is 10.1. The second-order valence-electron chi connectivity index (χ2n) is 12.4. The van der Waals surface area contributed by atoms with Gasteiger partial charge in [0, 0.05) is 0 Å². The van der Waals surface area contributed by atoms with Crippen molar-refractivity contribution in [2.45, 2.75) is 143 Å². The van der Waals surface area contributed by atoms with Crippen LogP contribution >= 0.6 is 0 Å². The van der Waals surface area contributed by atoms with E-state index in [1.54, 1.807) is 0 Å². The number of fused-ring (bicyclic) bond motifs is 1. The maximum atomic E-state index is 2.53. The van der Waals surface area contributed by atoms with Gasteiger partial charge in [0.15, 0.2) is 0 Å². The first-order chi connectivity index (χ1) is 14.6. The van der Waals surface area contributed by atoms with E-state index < -0.39 is 0 Å². The van der Waals surface area contributed by atoms with Gasteiger partial charge >= 0.3 is 0 Å². The van der Waals surface area contributed by atoms with E-state index in [2.05, 4.69) is 27.7 Å². The molecule has 4 rings (SSSR count). The molecule has 0 aliphatic heterocycles. The molecule has 0 nitrogen and oxygen atoms in total. The highest BCUT2D eigenvalue weighted by molar-refractivity contribution is 4.90. The molecule has 5 atom stereocenters. The monoisotopic (exact) mass is 416 g/mol. The summed E-state index contributed by atoms with van der Waals surface area (Å²) in [6.45, 7) is 9.94. The molecule has 0 bridgehead atoms. The zero-order chi connectivity index (χ0) is 21.3. The molecular weight excluding hydrogens is 360 g/mol. The molecule has 30 heavy (non-hydrogen) atoms. The van der Waals surface area contributed by atoms with E-state index in [9.17, 15) is 0 Å². The van der Waals surface area contributed by atoms with Crippen LogP contribution < -0.4 is 0 Å². The normalized spacial score (nSPS) is 36.1. The molecule has 0 heteroatoms. The lowest BCUT2D eigenvalue weighted by molar-refractivity contribution is 0.0248. The van der Waals surface area contributed by atoms with E-state index >= 15 is 0 Å². The van der Waals surface area contributed by atoms with Crippen molar-refractivity contribution in [1.29, 1.82) is 0 Å². The SMILES string of the molecule is CC(CC1CCCCC1)CC1CCCCC1.CCC1CCC2CCCC(C)C2C1C. The molecule has 0 aromatic heterocycles. The van der Waals surface area contributed by atoms with Crippen LogP contribution in [0.4, 0.5) is 0 Å². The van der Waals surface area contributed by atoms with Gasteiger partial charge < -0.3 is 0 Å². The Morgan fingerprint density at radius 1 is 0.633 bits per heavy atom. The summed E-state index contributed by atoms with van der Waals surface area (Å²) in [6, 6.07) is 0. The van der Waals surface area contributed by atoms with Gasteiger partial charge in [-0.2, -0.15) is 0 Å². The fourth-order valence-electron chi connectivity index (χ4n) is 8.50. The van der Waals surface area contributed by atoms with Crippen LogP contribution in [-0.4, -0.2) is 0 Å². The molecule has 5 unspecified atom stereocenters. The second-order valence-corrected chi connectivity index (χ2v) is 12.4. The fourth-order valence-corrected chi connectivity index (χ4v) is 8.50. The summed E-state index contributed by atoms with van der Waals surface area (Å²) in [5.41, 5.74) is 0. The average Bonchev–Trinajstić information content (AvgIpc) is 2.76. The lowest BCUT2D eigenvalue weighted by Crippen LogP contribution is -2.39. The first-order valence-electron chi connectivity index (χ1n) is 14.6. The summed E-state index contributed by atoms with van der Waals surface area (Å²) in [6.07, 6.45) is 27.3. The van der Waals surface area contributed by atoms with Crippen molar-refractivity contribution < 1.29 is 0 Å². The Bertz CT molecular complexity index is 421. The molecule has 0 spiro atoms.